The van der Waals surface area contributed by atoms with E-state index in [4.69, 9.17) is 4.74 Å². The van der Waals surface area contributed by atoms with Crippen molar-refractivity contribution < 1.29 is 19.1 Å². The van der Waals surface area contributed by atoms with Gasteiger partial charge in [0.25, 0.3) is 5.91 Å². The van der Waals surface area contributed by atoms with Crippen LogP contribution in [0.4, 0.5) is 4.79 Å². The lowest BCUT2D eigenvalue weighted by Crippen LogP contribution is -2.46. The Morgan fingerprint density at radius 2 is 1.90 bits per heavy atom. The van der Waals surface area contributed by atoms with Crippen LogP contribution in [0.3, 0.4) is 0 Å². The van der Waals surface area contributed by atoms with Crippen LogP contribution in [0.1, 0.15) is 63.6 Å². The third-order valence-electron chi connectivity index (χ3n) is 4.62. The summed E-state index contributed by atoms with van der Waals surface area (Å²) in [5, 5.41) is 5.39. The summed E-state index contributed by atoms with van der Waals surface area (Å²) >= 11 is 3.42. The first-order valence-electron chi connectivity index (χ1n) is 10.2. The van der Waals surface area contributed by atoms with Gasteiger partial charge in [0, 0.05) is 20.1 Å². The van der Waals surface area contributed by atoms with Crippen LogP contribution in [-0.2, 0) is 22.6 Å². The molecule has 1 aliphatic heterocycles. The topological polar surface area (TPSA) is 106 Å². The number of amides is 3. The van der Waals surface area contributed by atoms with Crippen LogP contribution in [0.15, 0.2) is 4.73 Å². The number of nitrogens with zero attached hydrogens (tertiary/aromatic N) is 3. The molecule has 2 N–H and O–H groups in total. The number of rotatable bonds is 5. The summed E-state index contributed by atoms with van der Waals surface area (Å²) in [4.78, 5) is 43.8. The minimum absolute atomic E-state index is 0.199. The molecule has 0 saturated heterocycles. The number of aromatic nitrogens is 2. The third-order valence-corrected chi connectivity index (χ3v) is 5.22. The molecule has 1 atom stereocenters. The van der Waals surface area contributed by atoms with Gasteiger partial charge in [-0.05, 0) is 55.5 Å². The van der Waals surface area contributed by atoms with E-state index in [0.717, 1.165) is 0 Å². The van der Waals surface area contributed by atoms with Gasteiger partial charge in [0.05, 0.1) is 12.2 Å². The molecule has 30 heavy (non-hydrogen) atoms. The van der Waals surface area contributed by atoms with Gasteiger partial charge in [0.15, 0.2) is 10.4 Å². The highest BCUT2D eigenvalue weighted by molar-refractivity contribution is 9.10. The smallest absolute Gasteiger partial charge is 0.410 e. The second kappa shape index (κ2) is 9.80. The van der Waals surface area contributed by atoms with Crippen molar-refractivity contribution >= 4 is 33.8 Å². The van der Waals surface area contributed by atoms with Crippen molar-refractivity contribution in [2.24, 2.45) is 5.92 Å². The SMILES string of the molecule is CNC(=O)C(CC(C)C)NC(=O)c1nc(Br)n2c1CN(C(=O)OC(C)(C)C)CCC2. The predicted octanol–water partition coefficient (Wildman–Crippen LogP) is 2.68. The molecule has 2 heterocycles. The molecular weight excluding hydrogens is 454 g/mol. The molecule has 0 fully saturated rings. The Labute approximate surface area is 186 Å². The number of fused-ring (bicyclic) bond motifs is 1. The van der Waals surface area contributed by atoms with Crippen LogP contribution in [0, 0.1) is 5.92 Å². The van der Waals surface area contributed by atoms with E-state index >= 15 is 0 Å². The second-order valence-electron chi connectivity index (χ2n) is 8.85. The fraction of sp³-hybridized carbons (Fsp3) is 0.700. The normalized spacial score (nSPS) is 15.3. The third kappa shape index (κ3) is 6.20. The summed E-state index contributed by atoms with van der Waals surface area (Å²) in [6.07, 6.45) is 0.783. The van der Waals surface area contributed by atoms with Gasteiger partial charge in [-0.15, -0.1) is 0 Å². The van der Waals surface area contributed by atoms with Gasteiger partial charge in [-0.3, -0.25) is 9.59 Å². The Bertz CT molecular complexity index is 800. The largest absolute Gasteiger partial charge is 0.444 e. The maximum Gasteiger partial charge on any atom is 0.410 e. The summed E-state index contributed by atoms with van der Waals surface area (Å²) < 4.78 is 7.91. The average Bonchev–Trinajstić information content (AvgIpc) is 2.80. The summed E-state index contributed by atoms with van der Waals surface area (Å²) in [6, 6.07) is -0.661. The van der Waals surface area contributed by atoms with Gasteiger partial charge >= 0.3 is 6.09 Å². The highest BCUT2D eigenvalue weighted by Gasteiger charge is 2.31. The first kappa shape index (κ1) is 24.2. The maximum absolute atomic E-state index is 13.0. The van der Waals surface area contributed by atoms with E-state index in [1.165, 1.54) is 0 Å². The first-order valence-corrected chi connectivity index (χ1v) is 11.0. The first-order chi connectivity index (χ1) is 13.9. The fourth-order valence-corrected chi connectivity index (χ4v) is 3.86. The molecule has 1 unspecified atom stereocenters. The Morgan fingerprint density at radius 1 is 1.23 bits per heavy atom. The second-order valence-corrected chi connectivity index (χ2v) is 9.56. The van der Waals surface area contributed by atoms with E-state index in [9.17, 15) is 14.4 Å². The average molecular weight is 486 g/mol. The van der Waals surface area contributed by atoms with Gasteiger partial charge < -0.3 is 24.8 Å². The lowest BCUT2D eigenvalue weighted by atomic mass is 10.0. The Morgan fingerprint density at radius 3 is 2.47 bits per heavy atom. The van der Waals surface area contributed by atoms with Crippen molar-refractivity contribution in [1.82, 2.24) is 25.1 Å². The Kier molecular flexibility index (Phi) is 7.90. The van der Waals surface area contributed by atoms with Gasteiger partial charge in [0.1, 0.15) is 11.6 Å². The number of halogens is 1. The van der Waals surface area contributed by atoms with Gasteiger partial charge in [-0.25, -0.2) is 9.78 Å². The molecule has 0 radical (unpaired) electrons. The van der Waals surface area contributed by atoms with Gasteiger partial charge in [0.2, 0.25) is 5.91 Å². The Hall–Kier alpha value is -2.10. The van der Waals surface area contributed by atoms with E-state index in [1.807, 2.05) is 39.2 Å². The zero-order valence-electron chi connectivity index (χ0n) is 18.5. The molecule has 9 nitrogen and oxygen atoms in total. The molecule has 1 aromatic heterocycles. The molecule has 0 aromatic carbocycles. The van der Waals surface area contributed by atoms with E-state index < -0.39 is 23.6 Å². The number of carbonyl (C=O) groups excluding carboxylic acids is 3. The van der Waals surface area contributed by atoms with Crippen LogP contribution in [0.5, 0.6) is 0 Å². The summed E-state index contributed by atoms with van der Waals surface area (Å²) in [5.41, 5.74) is 0.208. The van der Waals surface area contributed by atoms with Gasteiger partial charge in [-0.2, -0.15) is 0 Å². The minimum Gasteiger partial charge on any atom is -0.444 e. The molecule has 168 valence electrons. The van der Waals surface area contributed by atoms with Crippen LogP contribution >= 0.6 is 15.9 Å². The molecule has 1 aromatic rings. The van der Waals surface area contributed by atoms with E-state index in [2.05, 4.69) is 31.5 Å². The van der Waals surface area contributed by atoms with Crippen molar-refractivity contribution in [3.8, 4) is 0 Å². The standard InChI is InChI=1S/C20H32BrN5O4/c1-12(2)10-13(16(27)22-6)23-17(28)15-14-11-25(19(29)30-20(3,4)5)8-7-9-26(14)18(21)24-15/h12-13H,7-11H2,1-6H3,(H,22,27)(H,23,28). The summed E-state index contributed by atoms with van der Waals surface area (Å²) in [5.74, 6) is -0.470. The van der Waals surface area contributed by atoms with E-state index in [0.29, 0.717) is 36.4 Å². The highest BCUT2D eigenvalue weighted by Crippen LogP contribution is 2.24. The molecule has 1 aliphatic rings. The lowest BCUT2D eigenvalue weighted by Gasteiger charge is -2.26. The van der Waals surface area contributed by atoms with Crippen LogP contribution in [-0.4, -0.2) is 57.6 Å². The molecule has 0 bridgehead atoms. The summed E-state index contributed by atoms with van der Waals surface area (Å²) in [7, 11) is 1.54. The number of carbonyl (C=O) groups is 3. The number of ether oxygens (including phenoxy) is 1. The van der Waals surface area contributed by atoms with Crippen molar-refractivity contribution in [3.63, 3.8) is 0 Å². The molecule has 3 amide bonds. The maximum atomic E-state index is 13.0. The van der Waals surface area contributed by atoms with E-state index in [-0.39, 0.29) is 24.1 Å². The van der Waals surface area contributed by atoms with Crippen molar-refractivity contribution in [2.45, 2.75) is 72.2 Å². The van der Waals surface area contributed by atoms with Crippen molar-refractivity contribution in [2.75, 3.05) is 13.6 Å². The highest BCUT2D eigenvalue weighted by atomic mass is 79.9. The van der Waals surface area contributed by atoms with Crippen molar-refractivity contribution in [3.05, 3.63) is 16.1 Å². The quantitative estimate of drug-likeness (QED) is 0.666. The van der Waals surface area contributed by atoms with Crippen LogP contribution < -0.4 is 10.6 Å². The van der Waals surface area contributed by atoms with E-state index in [1.54, 1.807) is 11.9 Å². The predicted molar refractivity (Wildman–Crippen MR) is 116 cm³/mol. The van der Waals surface area contributed by atoms with Crippen molar-refractivity contribution in [1.29, 1.82) is 0 Å². The fourth-order valence-electron chi connectivity index (χ4n) is 3.29. The zero-order chi connectivity index (χ0) is 22.6. The number of imidazole rings is 1. The molecule has 2 rings (SSSR count). The number of nitrogens with one attached hydrogen (secondary N) is 2. The molecule has 0 spiro atoms. The zero-order valence-corrected chi connectivity index (χ0v) is 20.1. The number of hydrogen-bond acceptors (Lipinski definition) is 5. The molecular formula is C20H32BrN5O4. The molecule has 10 heteroatoms. The van der Waals surface area contributed by atoms with Crippen LogP contribution in [0.2, 0.25) is 0 Å². The number of likely N-dealkylation sites (N-methyl/N-ethyl adjacent to an activating group) is 1. The van der Waals surface area contributed by atoms with Crippen LogP contribution in [0.25, 0.3) is 0 Å². The monoisotopic (exact) mass is 485 g/mol. The lowest BCUT2D eigenvalue weighted by molar-refractivity contribution is -0.122. The minimum atomic E-state index is -0.661. The molecule has 0 saturated carbocycles. The van der Waals surface area contributed by atoms with Gasteiger partial charge in [-0.1, -0.05) is 13.8 Å². The number of hydrogen-bond donors (Lipinski definition) is 2. The summed E-state index contributed by atoms with van der Waals surface area (Å²) in [6.45, 7) is 10.7. The Balaban J connectivity index is 2.28. The molecule has 0 aliphatic carbocycles.